The lowest BCUT2D eigenvalue weighted by Gasteiger charge is -2.23. The van der Waals surface area contributed by atoms with Gasteiger partial charge >= 0.3 is 0 Å². The topological polar surface area (TPSA) is 29.3 Å². The summed E-state index contributed by atoms with van der Waals surface area (Å²) in [6.45, 7) is 2.31. The lowest BCUT2D eigenvalue weighted by molar-refractivity contribution is 0.726. The van der Waals surface area contributed by atoms with Crippen LogP contribution in [0.3, 0.4) is 0 Å². The van der Waals surface area contributed by atoms with Crippen molar-refractivity contribution in [1.82, 2.24) is 0 Å². The van der Waals surface area contributed by atoms with Gasteiger partial charge in [0.25, 0.3) is 0 Å². The number of anilines is 1. The van der Waals surface area contributed by atoms with E-state index in [1.807, 2.05) is 12.1 Å². The fourth-order valence-electron chi connectivity index (χ4n) is 2.18. The molecule has 1 saturated heterocycles. The van der Waals surface area contributed by atoms with Gasteiger partial charge in [0.1, 0.15) is 4.99 Å². The predicted molar refractivity (Wildman–Crippen MR) is 73.0 cm³/mol. The van der Waals surface area contributed by atoms with Crippen molar-refractivity contribution >= 4 is 22.9 Å². The van der Waals surface area contributed by atoms with Gasteiger partial charge < -0.3 is 10.6 Å². The highest BCUT2D eigenvalue weighted by Gasteiger charge is 2.10. The molecule has 86 valence electrons. The Kier molecular flexibility index (Phi) is 3.78. The second kappa shape index (κ2) is 5.30. The Bertz CT molecular complexity index is 368. The van der Waals surface area contributed by atoms with E-state index < -0.39 is 0 Å². The van der Waals surface area contributed by atoms with Gasteiger partial charge in [0.2, 0.25) is 0 Å². The molecule has 0 aliphatic carbocycles. The van der Waals surface area contributed by atoms with E-state index in [0.29, 0.717) is 4.99 Å². The second-order valence-corrected chi connectivity index (χ2v) is 4.76. The van der Waals surface area contributed by atoms with Crippen molar-refractivity contribution in [1.29, 1.82) is 0 Å². The molecule has 2 nitrogen and oxygen atoms in total. The Morgan fingerprint density at radius 3 is 2.44 bits per heavy atom. The van der Waals surface area contributed by atoms with E-state index in [9.17, 15) is 0 Å². The molecule has 0 bridgehead atoms. The first-order chi connectivity index (χ1) is 7.77. The van der Waals surface area contributed by atoms with E-state index in [1.165, 1.54) is 31.4 Å². The Morgan fingerprint density at radius 2 is 1.81 bits per heavy atom. The van der Waals surface area contributed by atoms with Gasteiger partial charge in [0.05, 0.1) is 0 Å². The van der Waals surface area contributed by atoms with Crippen molar-refractivity contribution in [2.24, 2.45) is 5.73 Å². The molecule has 0 radical (unpaired) electrons. The summed E-state index contributed by atoms with van der Waals surface area (Å²) in [6.07, 6.45) is 5.28. The number of benzene rings is 1. The maximum Gasteiger partial charge on any atom is 0.104 e. The van der Waals surface area contributed by atoms with E-state index in [1.54, 1.807) is 0 Å². The Balaban J connectivity index is 2.18. The molecule has 0 spiro atoms. The van der Waals surface area contributed by atoms with Crippen LogP contribution in [0.2, 0.25) is 0 Å². The Morgan fingerprint density at radius 1 is 1.12 bits per heavy atom. The quantitative estimate of drug-likeness (QED) is 0.798. The van der Waals surface area contributed by atoms with Gasteiger partial charge in [-0.15, -0.1) is 0 Å². The smallest absolute Gasteiger partial charge is 0.104 e. The lowest BCUT2D eigenvalue weighted by atomic mass is 10.2. The first-order valence-corrected chi connectivity index (χ1v) is 6.33. The first kappa shape index (κ1) is 11.4. The molecule has 1 aromatic carbocycles. The van der Waals surface area contributed by atoms with Gasteiger partial charge in [0, 0.05) is 24.3 Å². The number of thiocarbonyl (C=S) groups is 1. The van der Waals surface area contributed by atoms with Crippen LogP contribution in [-0.2, 0) is 0 Å². The van der Waals surface area contributed by atoms with Crippen molar-refractivity contribution in [3.05, 3.63) is 29.8 Å². The van der Waals surface area contributed by atoms with Gasteiger partial charge in [-0.2, -0.15) is 0 Å². The summed E-state index contributed by atoms with van der Waals surface area (Å²) in [5, 5.41) is 0. The third-order valence-electron chi connectivity index (χ3n) is 3.10. The van der Waals surface area contributed by atoms with Crippen LogP contribution < -0.4 is 10.6 Å². The molecule has 1 fully saturated rings. The standard InChI is InChI=1S/C13H18N2S/c14-13(16)11-6-5-7-12(10-11)15-8-3-1-2-4-9-15/h5-7,10H,1-4,8-9H2,(H2,14,16). The third kappa shape index (κ3) is 2.73. The summed E-state index contributed by atoms with van der Waals surface area (Å²) in [4.78, 5) is 2.92. The zero-order valence-electron chi connectivity index (χ0n) is 9.48. The van der Waals surface area contributed by atoms with Gasteiger partial charge in [-0.3, -0.25) is 0 Å². The average Bonchev–Trinajstić information content (AvgIpc) is 2.57. The number of hydrogen-bond acceptors (Lipinski definition) is 2. The zero-order valence-corrected chi connectivity index (χ0v) is 10.3. The summed E-state index contributed by atoms with van der Waals surface area (Å²) in [6, 6.07) is 8.26. The van der Waals surface area contributed by atoms with Crippen LogP contribution in [0.1, 0.15) is 31.2 Å². The van der Waals surface area contributed by atoms with Crippen LogP contribution in [-0.4, -0.2) is 18.1 Å². The molecule has 0 saturated carbocycles. The summed E-state index contributed by atoms with van der Waals surface area (Å²) >= 11 is 5.01. The van der Waals surface area contributed by atoms with E-state index in [4.69, 9.17) is 18.0 Å². The minimum atomic E-state index is 0.483. The molecule has 16 heavy (non-hydrogen) atoms. The molecule has 1 aromatic rings. The number of nitrogens with zero attached hydrogens (tertiary/aromatic N) is 1. The maximum atomic E-state index is 5.66. The van der Waals surface area contributed by atoms with Crippen LogP contribution in [0, 0.1) is 0 Å². The van der Waals surface area contributed by atoms with E-state index in [0.717, 1.165) is 18.7 Å². The molecule has 1 aliphatic heterocycles. The molecule has 0 unspecified atom stereocenters. The van der Waals surface area contributed by atoms with Crippen molar-refractivity contribution in [3.63, 3.8) is 0 Å². The summed E-state index contributed by atoms with van der Waals surface area (Å²) < 4.78 is 0. The van der Waals surface area contributed by atoms with Crippen molar-refractivity contribution in [3.8, 4) is 0 Å². The van der Waals surface area contributed by atoms with Crippen LogP contribution in [0.4, 0.5) is 5.69 Å². The van der Waals surface area contributed by atoms with Crippen LogP contribution in [0.15, 0.2) is 24.3 Å². The summed E-state index contributed by atoms with van der Waals surface area (Å²) in [5.74, 6) is 0. The summed E-state index contributed by atoms with van der Waals surface area (Å²) in [7, 11) is 0. The fraction of sp³-hybridized carbons (Fsp3) is 0.462. The molecule has 3 heteroatoms. The van der Waals surface area contributed by atoms with Gasteiger partial charge in [-0.1, -0.05) is 37.2 Å². The molecular formula is C13H18N2S. The maximum absolute atomic E-state index is 5.66. The highest BCUT2D eigenvalue weighted by atomic mass is 32.1. The number of rotatable bonds is 2. The van der Waals surface area contributed by atoms with Crippen molar-refractivity contribution < 1.29 is 0 Å². The number of nitrogens with two attached hydrogens (primary N) is 1. The molecule has 1 heterocycles. The van der Waals surface area contributed by atoms with Crippen LogP contribution in [0.25, 0.3) is 0 Å². The monoisotopic (exact) mass is 234 g/mol. The molecular weight excluding hydrogens is 216 g/mol. The van der Waals surface area contributed by atoms with E-state index in [-0.39, 0.29) is 0 Å². The molecule has 2 rings (SSSR count). The highest BCUT2D eigenvalue weighted by Crippen LogP contribution is 2.20. The zero-order chi connectivity index (χ0) is 11.4. The molecule has 0 atom stereocenters. The van der Waals surface area contributed by atoms with Gasteiger partial charge in [0.15, 0.2) is 0 Å². The minimum absolute atomic E-state index is 0.483. The lowest BCUT2D eigenvalue weighted by Crippen LogP contribution is -2.24. The highest BCUT2D eigenvalue weighted by molar-refractivity contribution is 7.80. The third-order valence-corrected chi connectivity index (χ3v) is 3.34. The van der Waals surface area contributed by atoms with Crippen molar-refractivity contribution in [2.45, 2.75) is 25.7 Å². The SMILES string of the molecule is NC(=S)c1cccc(N2CCCCCC2)c1. The molecule has 2 N–H and O–H groups in total. The Labute approximate surface area is 102 Å². The molecule has 1 aliphatic rings. The molecule has 0 amide bonds. The predicted octanol–water partition coefficient (Wildman–Crippen LogP) is 2.70. The van der Waals surface area contributed by atoms with Gasteiger partial charge in [-0.05, 0) is 25.0 Å². The largest absolute Gasteiger partial charge is 0.389 e. The normalized spacial score (nSPS) is 16.9. The summed E-state index contributed by atoms with van der Waals surface area (Å²) in [5.41, 5.74) is 7.88. The van der Waals surface area contributed by atoms with Crippen LogP contribution >= 0.6 is 12.2 Å². The first-order valence-electron chi connectivity index (χ1n) is 5.92. The fourth-order valence-corrected chi connectivity index (χ4v) is 2.31. The number of hydrogen-bond donors (Lipinski definition) is 1. The van der Waals surface area contributed by atoms with E-state index >= 15 is 0 Å². The second-order valence-electron chi connectivity index (χ2n) is 4.32. The van der Waals surface area contributed by atoms with E-state index in [2.05, 4.69) is 17.0 Å². The Hall–Kier alpha value is -1.09. The molecule has 0 aromatic heterocycles. The minimum Gasteiger partial charge on any atom is -0.389 e. The van der Waals surface area contributed by atoms with Crippen LogP contribution in [0.5, 0.6) is 0 Å². The van der Waals surface area contributed by atoms with Crippen molar-refractivity contribution in [2.75, 3.05) is 18.0 Å². The average molecular weight is 234 g/mol. The van der Waals surface area contributed by atoms with Gasteiger partial charge in [-0.25, -0.2) is 0 Å².